The first-order valence-corrected chi connectivity index (χ1v) is 6.23. The highest BCUT2D eigenvalue weighted by Crippen LogP contribution is 2.29. The van der Waals surface area contributed by atoms with Crippen molar-refractivity contribution in [3.63, 3.8) is 0 Å². The van der Waals surface area contributed by atoms with E-state index in [0.717, 1.165) is 31.5 Å². The Bertz CT molecular complexity index is 429. The van der Waals surface area contributed by atoms with Crippen LogP contribution in [0.15, 0.2) is 12.4 Å². The van der Waals surface area contributed by atoms with Gasteiger partial charge in [-0.2, -0.15) is 5.10 Å². The molecule has 100 valence electrons. The van der Waals surface area contributed by atoms with Gasteiger partial charge in [0.15, 0.2) is 0 Å². The summed E-state index contributed by atoms with van der Waals surface area (Å²) in [5, 5.41) is 10.6. The van der Waals surface area contributed by atoms with E-state index >= 15 is 0 Å². The molecule has 1 saturated heterocycles. The second kappa shape index (κ2) is 5.28. The molecule has 2 N–H and O–H groups in total. The first kappa shape index (κ1) is 13.4. The van der Waals surface area contributed by atoms with Crippen molar-refractivity contribution in [1.82, 2.24) is 20.4 Å². The fourth-order valence-electron chi connectivity index (χ4n) is 2.47. The van der Waals surface area contributed by atoms with Gasteiger partial charge in [0, 0.05) is 38.3 Å². The van der Waals surface area contributed by atoms with E-state index in [1.54, 1.807) is 4.68 Å². The summed E-state index contributed by atoms with van der Waals surface area (Å²) in [5.41, 5.74) is 1.16. The average molecular weight is 271 g/mol. The number of aryl methyl sites for hydroxylation is 1. The second-order valence-electron chi connectivity index (χ2n) is 5.10. The molecule has 1 aliphatic heterocycles. The van der Waals surface area contributed by atoms with Gasteiger partial charge in [-0.05, 0) is 18.4 Å². The van der Waals surface area contributed by atoms with Gasteiger partial charge in [0.05, 0.1) is 12.1 Å². The van der Waals surface area contributed by atoms with Crippen molar-refractivity contribution in [3.05, 3.63) is 18.0 Å². The van der Waals surface area contributed by atoms with Crippen LogP contribution in [0, 0.1) is 5.92 Å². The SMILES string of the molecule is Cl.Cn1cc([C@H]2CNC[C@@H]2C(=O)NC2CC2)cn1. The average Bonchev–Trinajstić information content (AvgIpc) is 2.81. The van der Waals surface area contributed by atoms with Gasteiger partial charge in [0.2, 0.25) is 5.91 Å². The molecule has 1 amide bonds. The molecular weight excluding hydrogens is 252 g/mol. The number of hydrogen-bond acceptors (Lipinski definition) is 3. The predicted octanol–water partition coefficient (Wildman–Crippen LogP) is 0.423. The Balaban J connectivity index is 0.00000120. The molecule has 0 spiro atoms. The minimum absolute atomic E-state index is 0. The number of aromatic nitrogens is 2. The van der Waals surface area contributed by atoms with Gasteiger partial charge in [0.1, 0.15) is 0 Å². The fraction of sp³-hybridized carbons (Fsp3) is 0.667. The number of amides is 1. The summed E-state index contributed by atoms with van der Waals surface area (Å²) in [4.78, 5) is 12.1. The zero-order valence-electron chi connectivity index (χ0n) is 10.4. The lowest BCUT2D eigenvalue weighted by Gasteiger charge is -2.16. The van der Waals surface area contributed by atoms with Crippen LogP contribution in [0.5, 0.6) is 0 Å². The molecule has 0 unspecified atom stereocenters. The molecular formula is C12H19ClN4O. The van der Waals surface area contributed by atoms with Crippen molar-refractivity contribution in [2.45, 2.75) is 24.8 Å². The van der Waals surface area contributed by atoms with Gasteiger partial charge >= 0.3 is 0 Å². The van der Waals surface area contributed by atoms with Crippen LogP contribution in [-0.2, 0) is 11.8 Å². The van der Waals surface area contributed by atoms with Crippen LogP contribution in [0.2, 0.25) is 0 Å². The summed E-state index contributed by atoms with van der Waals surface area (Å²) < 4.78 is 1.80. The molecule has 2 heterocycles. The Labute approximate surface area is 113 Å². The molecule has 2 aliphatic rings. The van der Waals surface area contributed by atoms with Crippen LogP contribution < -0.4 is 10.6 Å². The van der Waals surface area contributed by atoms with Crippen molar-refractivity contribution in [2.75, 3.05) is 13.1 Å². The quantitative estimate of drug-likeness (QED) is 0.837. The van der Waals surface area contributed by atoms with Gasteiger partial charge < -0.3 is 10.6 Å². The van der Waals surface area contributed by atoms with E-state index in [1.165, 1.54) is 0 Å². The summed E-state index contributed by atoms with van der Waals surface area (Å²) >= 11 is 0. The first-order valence-electron chi connectivity index (χ1n) is 6.23. The van der Waals surface area contributed by atoms with E-state index in [9.17, 15) is 4.79 Å². The Hall–Kier alpha value is -1.07. The molecule has 3 rings (SSSR count). The standard InChI is InChI=1S/C12H18N4O.ClH/c1-16-7-8(4-14-16)10-5-13-6-11(10)12(17)15-9-2-3-9;/h4,7,9-11,13H,2-3,5-6H2,1H3,(H,15,17);1H/t10-,11+;/m1./s1. The lowest BCUT2D eigenvalue weighted by atomic mass is 9.90. The van der Waals surface area contributed by atoms with E-state index in [0.29, 0.717) is 6.04 Å². The molecule has 1 aliphatic carbocycles. The van der Waals surface area contributed by atoms with Crippen molar-refractivity contribution in [3.8, 4) is 0 Å². The monoisotopic (exact) mass is 270 g/mol. The smallest absolute Gasteiger partial charge is 0.225 e. The normalized spacial score (nSPS) is 26.7. The molecule has 1 aromatic rings. The van der Waals surface area contributed by atoms with Crippen molar-refractivity contribution in [1.29, 1.82) is 0 Å². The Kier molecular flexibility index (Phi) is 3.92. The first-order chi connectivity index (χ1) is 8.24. The summed E-state index contributed by atoms with van der Waals surface area (Å²) in [6, 6.07) is 0.442. The molecule has 1 saturated carbocycles. The van der Waals surface area contributed by atoms with Crippen LogP contribution in [0.25, 0.3) is 0 Å². The molecule has 2 atom stereocenters. The minimum Gasteiger partial charge on any atom is -0.353 e. The van der Waals surface area contributed by atoms with E-state index in [-0.39, 0.29) is 30.2 Å². The van der Waals surface area contributed by atoms with Crippen LogP contribution in [0.4, 0.5) is 0 Å². The maximum Gasteiger partial charge on any atom is 0.225 e. The highest BCUT2D eigenvalue weighted by Gasteiger charge is 2.36. The van der Waals surface area contributed by atoms with Crippen LogP contribution >= 0.6 is 12.4 Å². The number of rotatable bonds is 3. The summed E-state index contributed by atoms with van der Waals surface area (Å²) in [7, 11) is 1.91. The highest BCUT2D eigenvalue weighted by atomic mass is 35.5. The maximum atomic E-state index is 12.1. The zero-order valence-corrected chi connectivity index (χ0v) is 11.2. The number of nitrogens with zero attached hydrogens (tertiary/aromatic N) is 2. The molecule has 6 heteroatoms. The third kappa shape index (κ3) is 2.67. The maximum absolute atomic E-state index is 12.1. The number of carbonyl (C=O) groups is 1. The predicted molar refractivity (Wildman–Crippen MR) is 70.7 cm³/mol. The molecule has 0 aromatic carbocycles. The van der Waals surface area contributed by atoms with Gasteiger partial charge in [0.25, 0.3) is 0 Å². The number of nitrogens with one attached hydrogen (secondary N) is 2. The van der Waals surface area contributed by atoms with Gasteiger partial charge in [-0.15, -0.1) is 12.4 Å². The molecule has 5 nitrogen and oxygen atoms in total. The third-order valence-corrected chi connectivity index (χ3v) is 3.63. The molecule has 0 radical (unpaired) electrons. The number of hydrogen-bond donors (Lipinski definition) is 2. The summed E-state index contributed by atoms with van der Waals surface area (Å²) in [6.45, 7) is 1.65. The van der Waals surface area contributed by atoms with Crippen LogP contribution in [0.3, 0.4) is 0 Å². The molecule has 1 aromatic heterocycles. The second-order valence-corrected chi connectivity index (χ2v) is 5.10. The summed E-state index contributed by atoms with van der Waals surface area (Å²) in [6.07, 6.45) is 6.16. The fourth-order valence-corrected chi connectivity index (χ4v) is 2.47. The van der Waals surface area contributed by atoms with Crippen molar-refractivity contribution >= 4 is 18.3 Å². The molecule has 18 heavy (non-hydrogen) atoms. The molecule has 0 bridgehead atoms. The van der Waals surface area contributed by atoms with E-state index in [1.807, 2.05) is 19.4 Å². The van der Waals surface area contributed by atoms with Gasteiger partial charge in [-0.3, -0.25) is 9.48 Å². The van der Waals surface area contributed by atoms with Crippen LogP contribution in [0.1, 0.15) is 24.3 Å². The Morgan fingerprint density at radius 2 is 2.28 bits per heavy atom. The van der Waals surface area contributed by atoms with Crippen LogP contribution in [-0.4, -0.2) is 34.8 Å². The Morgan fingerprint density at radius 3 is 2.89 bits per heavy atom. The van der Waals surface area contributed by atoms with E-state index in [2.05, 4.69) is 15.7 Å². The lowest BCUT2D eigenvalue weighted by Crippen LogP contribution is -2.35. The van der Waals surface area contributed by atoms with Gasteiger partial charge in [-0.25, -0.2) is 0 Å². The largest absolute Gasteiger partial charge is 0.353 e. The number of carbonyl (C=O) groups excluding carboxylic acids is 1. The van der Waals surface area contributed by atoms with E-state index in [4.69, 9.17) is 0 Å². The van der Waals surface area contributed by atoms with E-state index < -0.39 is 0 Å². The minimum atomic E-state index is 0. The van der Waals surface area contributed by atoms with Crippen molar-refractivity contribution < 1.29 is 4.79 Å². The zero-order chi connectivity index (χ0) is 11.8. The Morgan fingerprint density at radius 1 is 1.50 bits per heavy atom. The molecule has 2 fully saturated rings. The lowest BCUT2D eigenvalue weighted by molar-refractivity contribution is -0.124. The topological polar surface area (TPSA) is 59.0 Å². The van der Waals surface area contributed by atoms with Crippen molar-refractivity contribution in [2.24, 2.45) is 13.0 Å². The number of halogens is 1. The van der Waals surface area contributed by atoms with Gasteiger partial charge in [-0.1, -0.05) is 0 Å². The third-order valence-electron chi connectivity index (χ3n) is 3.63. The summed E-state index contributed by atoms with van der Waals surface area (Å²) in [5.74, 6) is 0.522. The highest BCUT2D eigenvalue weighted by molar-refractivity contribution is 5.85.